The molecule has 0 spiro atoms. The van der Waals surface area contributed by atoms with Crippen LogP contribution in [0.3, 0.4) is 0 Å². The summed E-state index contributed by atoms with van der Waals surface area (Å²) < 4.78 is 10.6. The third-order valence-electron chi connectivity index (χ3n) is 4.27. The second-order valence-electron chi connectivity index (χ2n) is 5.73. The highest BCUT2D eigenvalue weighted by Gasteiger charge is 2.24. The summed E-state index contributed by atoms with van der Waals surface area (Å²) in [6.45, 7) is 7.29. The van der Waals surface area contributed by atoms with Gasteiger partial charge in [0, 0.05) is 31.2 Å². The molecule has 1 saturated heterocycles. The molecule has 1 aliphatic heterocycles. The van der Waals surface area contributed by atoms with Gasteiger partial charge in [0.15, 0.2) is 0 Å². The van der Waals surface area contributed by atoms with Crippen molar-refractivity contribution in [3.63, 3.8) is 0 Å². The van der Waals surface area contributed by atoms with Gasteiger partial charge in [-0.25, -0.2) is 0 Å². The number of nitrogen functional groups attached to an aromatic ring is 1. The summed E-state index contributed by atoms with van der Waals surface area (Å²) in [6.07, 6.45) is 0. The van der Waals surface area contributed by atoms with Crippen LogP contribution in [0, 0.1) is 0 Å². The van der Waals surface area contributed by atoms with Crippen LogP contribution in [0.5, 0.6) is 5.75 Å². The van der Waals surface area contributed by atoms with Crippen LogP contribution in [-0.2, 0) is 4.74 Å². The maximum atomic E-state index is 12.6. The first kappa shape index (κ1) is 17.8. The number of anilines is 1. The lowest BCUT2D eigenvalue weighted by molar-refractivity contribution is 0.0137. The van der Waals surface area contributed by atoms with Gasteiger partial charge < -0.3 is 20.5 Å². The van der Waals surface area contributed by atoms with Gasteiger partial charge in [0.2, 0.25) is 0 Å². The number of nitrogens with two attached hydrogens (primary N) is 1. The topological polar surface area (TPSA) is 76.8 Å². The van der Waals surface area contributed by atoms with Crippen LogP contribution in [0.4, 0.5) is 5.69 Å². The van der Waals surface area contributed by atoms with Crippen LogP contribution < -0.4 is 15.8 Å². The van der Waals surface area contributed by atoms with E-state index in [1.165, 1.54) is 13.2 Å². The fourth-order valence-electron chi connectivity index (χ4n) is 2.62. The van der Waals surface area contributed by atoms with Crippen molar-refractivity contribution in [2.24, 2.45) is 0 Å². The Labute approximate surface area is 141 Å². The van der Waals surface area contributed by atoms with Crippen LogP contribution in [0.15, 0.2) is 12.1 Å². The minimum Gasteiger partial charge on any atom is -0.496 e. The van der Waals surface area contributed by atoms with E-state index in [1.807, 2.05) is 6.92 Å². The molecule has 0 bridgehead atoms. The largest absolute Gasteiger partial charge is 0.496 e. The Balaban J connectivity index is 2.07. The van der Waals surface area contributed by atoms with Gasteiger partial charge in [-0.1, -0.05) is 11.6 Å². The highest BCUT2D eigenvalue weighted by atomic mass is 35.5. The maximum absolute atomic E-state index is 12.6. The third-order valence-corrected chi connectivity index (χ3v) is 4.59. The number of carbonyl (C=O) groups excluding carboxylic acids is 1. The van der Waals surface area contributed by atoms with Crippen molar-refractivity contribution in [1.82, 2.24) is 10.2 Å². The number of benzene rings is 1. The van der Waals surface area contributed by atoms with E-state index >= 15 is 0 Å². The first-order chi connectivity index (χ1) is 10.9. The van der Waals surface area contributed by atoms with Crippen molar-refractivity contribution in [1.29, 1.82) is 0 Å². The van der Waals surface area contributed by atoms with Gasteiger partial charge in [-0.2, -0.15) is 0 Å². The molecule has 1 heterocycles. The van der Waals surface area contributed by atoms with E-state index in [0.717, 1.165) is 26.3 Å². The van der Waals surface area contributed by atoms with Gasteiger partial charge in [0.05, 0.1) is 36.6 Å². The highest BCUT2D eigenvalue weighted by Crippen LogP contribution is 2.28. The minimum atomic E-state index is -0.226. The first-order valence-corrected chi connectivity index (χ1v) is 8.07. The molecule has 2 unspecified atom stereocenters. The summed E-state index contributed by atoms with van der Waals surface area (Å²) in [6, 6.07) is 3.28. The molecule has 0 aromatic heterocycles. The zero-order valence-corrected chi connectivity index (χ0v) is 14.5. The smallest absolute Gasteiger partial charge is 0.255 e. The zero-order valence-electron chi connectivity index (χ0n) is 13.8. The number of hydrogen-bond donors (Lipinski definition) is 2. The summed E-state index contributed by atoms with van der Waals surface area (Å²) in [5.74, 6) is 0.187. The van der Waals surface area contributed by atoms with Gasteiger partial charge >= 0.3 is 0 Å². The molecule has 1 aromatic carbocycles. The Hall–Kier alpha value is -1.50. The number of hydrogen-bond acceptors (Lipinski definition) is 5. The summed E-state index contributed by atoms with van der Waals surface area (Å²) in [7, 11) is 1.50. The summed E-state index contributed by atoms with van der Waals surface area (Å²) in [5.41, 5.74) is 6.52. The fraction of sp³-hybridized carbons (Fsp3) is 0.562. The Morgan fingerprint density at radius 2 is 2.04 bits per heavy atom. The van der Waals surface area contributed by atoms with Crippen molar-refractivity contribution >= 4 is 23.2 Å². The standard InChI is InChI=1S/C16H24ClN3O3/c1-10(11(2)20-4-6-23-7-5-20)19-16(21)12-8-13(17)14(18)9-15(12)22-3/h8-11H,4-7,18H2,1-3H3,(H,19,21). The van der Waals surface area contributed by atoms with Crippen molar-refractivity contribution in [3.05, 3.63) is 22.7 Å². The summed E-state index contributed by atoms with van der Waals surface area (Å²) in [5, 5.41) is 3.35. The molecule has 1 fully saturated rings. The van der Waals surface area contributed by atoms with E-state index in [4.69, 9.17) is 26.8 Å². The Morgan fingerprint density at radius 1 is 1.39 bits per heavy atom. The van der Waals surface area contributed by atoms with E-state index in [9.17, 15) is 4.79 Å². The normalized spacial score (nSPS) is 18.3. The van der Waals surface area contributed by atoms with Gasteiger partial charge in [-0.3, -0.25) is 9.69 Å². The zero-order chi connectivity index (χ0) is 17.0. The molecule has 128 valence electrons. The van der Waals surface area contributed by atoms with Crippen molar-refractivity contribution in [2.45, 2.75) is 25.9 Å². The van der Waals surface area contributed by atoms with Crippen LogP contribution in [-0.4, -0.2) is 56.3 Å². The monoisotopic (exact) mass is 341 g/mol. The van der Waals surface area contributed by atoms with E-state index in [0.29, 0.717) is 22.0 Å². The van der Waals surface area contributed by atoms with Crippen molar-refractivity contribution < 1.29 is 14.3 Å². The molecule has 23 heavy (non-hydrogen) atoms. The lowest BCUT2D eigenvalue weighted by Gasteiger charge is -2.35. The molecule has 0 aliphatic carbocycles. The van der Waals surface area contributed by atoms with Gasteiger partial charge in [-0.15, -0.1) is 0 Å². The first-order valence-electron chi connectivity index (χ1n) is 7.69. The quantitative estimate of drug-likeness (QED) is 0.798. The molecule has 7 heteroatoms. The molecule has 0 radical (unpaired) electrons. The number of carbonyl (C=O) groups is 1. The van der Waals surface area contributed by atoms with Crippen LogP contribution >= 0.6 is 11.6 Å². The van der Waals surface area contributed by atoms with Gasteiger partial charge in [0.1, 0.15) is 5.75 Å². The number of rotatable bonds is 5. The number of amides is 1. The van der Waals surface area contributed by atoms with Crippen LogP contribution in [0.25, 0.3) is 0 Å². The molecule has 1 aromatic rings. The predicted octanol–water partition coefficient (Wildman–Crippen LogP) is 1.77. The van der Waals surface area contributed by atoms with E-state index in [-0.39, 0.29) is 18.0 Å². The van der Waals surface area contributed by atoms with Crippen molar-refractivity contribution in [2.75, 3.05) is 39.1 Å². The van der Waals surface area contributed by atoms with Crippen molar-refractivity contribution in [3.8, 4) is 5.75 Å². The fourth-order valence-corrected chi connectivity index (χ4v) is 2.79. The second-order valence-corrected chi connectivity index (χ2v) is 6.13. The lowest BCUT2D eigenvalue weighted by Crippen LogP contribution is -2.52. The van der Waals surface area contributed by atoms with Crippen LogP contribution in [0.2, 0.25) is 5.02 Å². The average molecular weight is 342 g/mol. The molecular weight excluding hydrogens is 318 g/mol. The lowest BCUT2D eigenvalue weighted by atomic mass is 10.1. The third kappa shape index (κ3) is 4.28. The SMILES string of the molecule is COc1cc(N)c(Cl)cc1C(=O)NC(C)C(C)N1CCOCC1. The molecule has 2 rings (SSSR count). The van der Waals surface area contributed by atoms with E-state index < -0.39 is 0 Å². The average Bonchev–Trinajstić information content (AvgIpc) is 2.56. The number of ether oxygens (including phenoxy) is 2. The number of nitrogens with one attached hydrogen (secondary N) is 1. The second kappa shape index (κ2) is 7.86. The van der Waals surface area contributed by atoms with Crippen LogP contribution in [0.1, 0.15) is 24.2 Å². The van der Waals surface area contributed by atoms with E-state index in [2.05, 4.69) is 17.1 Å². The van der Waals surface area contributed by atoms with Gasteiger partial charge in [-0.05, 0) is 19.9 Å². The molecule has 3 N–H and O–H groups in total. The molecule has 2 atom stereocenters. The minimum absolute atomic E-state index is 0.0263. The number of nitrogens with zero attached hydrogens (tertiary/aromatic N) is 1. The number of methoxy groups -OCH3 is 1. The summed E-state index contributed by atoms with van der Waals surface area (Å²) >= 11 is 6.03. The molecule has 1 amide bonds. The Kier molecular flexibility index (Phi) is 6.10. The number of morpholine rings is 1. The number of halogens is 1. The maximum Gasteiger partial charge on any atom is 0.255 e. The predicted molar refractivity (Wildman–Crippen MR) is 91.2 cm³/mol. The Morgan fingerprint density at radius 3 is 2.65 bits per heavy atom. The highest BCUT2D eigenvalue weighted by molar-refractivity contribution is 6.33. The summed E-state index contributed by atoms with van der Waals surface area (Å²) in [4.78, 5) is 14.9. The molecular formula is C16H24ClN3O3. The van der Waals surface area contributed by atoms with Gasteiger partial charge in [0.25, 0.3) is 5.91 Å². The van der Waals surface area contributed by atoms with E-state index in [1.54, 1.807) is 6.07 Å². The molecule has 1 aliphatic rings. The molecule has 0 saturated carbocycles. The Bertz CT molecular complexity index is 562. The molecule has 6 nitrogen and oxygen atoms in total.